The number of hydrogen-bond donors (Lipinski definition) is 1. The number of aromatic nitrogens is 2. The van der Waals surface area contributed by atoms with Crippen molar-refractivity contribution in [3.05, 3.63) is 72.3 Å². The fourth-order valence-electron chi connectivity index (χ4n) is 3.44. The van der Waals surface area contributed by atoms with Gasteiger partial charge in [-0.05, 0) is 23.8 Å². The molecule has 1 atom stereocenters. The van der Waals surface area contributed by atoms with Gasteiger partial charge in [0, 0.05) is 44.9 Å². The zero-order valence-electron chi connectivity index (χ0n) is 15.3. The highest BCUT2D eigenvalue weighted by atomic mass is 19.1. The van der Waals surface area contributed by atoms with Gasteiger partial charge in [-0.25, -0.2) is 9.37 Å². The zero-order valence-corrected chi connectivity index (χ0v) is 15.3. The normalized spacial score (nSPS) is 16.9. The summed E-state index contributed by atoms with van der Waals surface area (Å²) in [4.78, 5) is 23.1. The van der Waals surface area contributed by atoms with Crippen molar-refractivity contribution >= 4 is 5.91 Å². The van der Waals surface area contributed by atoms with Crippen molar-refractivity contribution < 1.29 is 13.6 Å². The van der Waals surface area contributed by atoms with Crippen LogP contribution in [0.15, 0.2) is 59.4 Å². The van der Waals surface area contributed by atoms with Gasteiger partial charge in [0.1, 0.15) is 5.82 Å². The predicted molar refractivity (Wildman–Crippen MR) is 102 cm³/mol. The SMILES string of the molecule is O=C(CCc1ncc(-c2ccccc2F)o1)N1CCNCC1c1cccnc1. The van der Waals surface area contributed by atoms with Gasteiger partial charge in [0.25, 0.3) is 0 Å². The molecule has 0 aliphatic carbocycles. The first-order valence-electron chi connectivity index (χ1n) is 9.32. The van der Waals surface area contributed by atoms with Gasteiger partial charge < -0.3 is 14.6 Å². The fourth-order valence-corrected chi connectivity index (χ4v) is 3.44. The largest absolute Gasteiger partial charge is 0.441 e. The van der Waals surface area contributed by atoms with Crippen molar-refractivity contribution in [2.75, 3.05) is 19.6 Å². The second kappa shape index (κ2) is 8.31. The number of carbonyl (C=O) groups is 1. The number of halogens is 1. The minimum atomic E-state index is -0.360. The van der Waals surface area contributed by atoms with Gasteiger partial charge in [-0.2, -0.15) is 0 Å². The maximum atomic E-state index is 13.9. The van der Waals surface area contributed by atoms with E-state index in [9.17, 15) is 9.18 Å². The number of carbonyl (C=O) groups excluding carboxylic acids is 1. The topological polar surface area (TPSA) is 71.3 Å². The van der Waals surface area contributed by atoms with Crippen LogP contribution >= 0.6 is 0 Å². The van der Waals surface area contributed by atoms with Crippen LogP contribution in [0, 0.1) is 5.82 Å². The molecule has 0 bridgehead atoms. The smallest absolute Gasteiger partial charge is 0.223 e. The number of pyridine rings is 1. The second-order valence-corrected chi connectivity index (χ2v) is 6.69. The highest BCUT2D eigenvalue weighted by Gasteiger charge is 2.28. The Morgan fingerprint density at radius 2 is 2.14 bits per heavy atom. The number of benzene rings is 1. The van der Waals surface area contributed by atoms with Crippen molar-refractivity contribution in [3.63, 3.8) is 0 Å². The molecular weight excluding hydrogens is 359 g/mol. The molecule has 6 nitrogen and oxygen atoms in total. The molecule has 1 unspecified atom stereocenters. The average molecular weight is 380 g/mol. The van der Waals surface area contributed by atoms with E-state index in [1.807, 2.05) is 17.0 Å². The Hall–Kier alpha value is -3.06. The number of nitrogens with zero attached hydrogens (tertiary/aromatic N) is 3. The van der Waals surface area contributed by atoms with E-state index in [0.717, 1.165) is 12.1 Å². The summed E-state index contributed by atoms with van der Waals surface area (Å²) in [6.07, 6.45) is 5.68. The summed E-state index contributed by atoms with van der Waals surface area (Å²) in [5.41, 5.74) is 1.38. The molecule has 1 saturated heterocycles. The number of piperazine rings is 1. The second-order valence-electron chi connectivity index (χ2n) is 6.69. The Morgan fingerprint density at radius 3 is 2.96 bits per heavy atom. The van der Waals surface area contributed by atoms with E-state index >= 15 is 0 Å². The summed E-state index contributed by atoms with van der Waals surface area (Å²) >= 11 is 0. The molecule has 7 heteroatoms. The third kappa shape index (κ3) is 3.94. The molecule has 3 aromatic rings. The van der Waals surface area contributed by atoms with E-state index in [4.69, 9.17) is 4.42 Å². The van der Waals surface area contributed by atoms with Gasteiger partial charge in [-0.15, -0.1) is 0 Å². The third-order valence-corrected chi connectivity index (χ3v) is 4.88. The fraction of sp³-hybridized carbons (Fsp3) is 0.286. The standard InChI is InChI=1S/C21H21FN4O2/c22-17-6-2-1-5-16(17)19-14-25-20(28-19)7-8-21(27)26-11-10-24-13-18(26)15-4-3-9-23-12-15/h1-6,9,12,14,18,24H,7-8,10-11,13H2. The zero-order chi connectivity index (χ0) is 19.3. The Labute approximate surface area is 162 Å². The number of amides is 1. The number of rotatable bonds is 5. The first-order valence-corrected chi connectivity index (χ1v) is 9.32. The van der Waals surface area contributed by atoms with Crippen molar-refractivity contribution in [2.24, 2.45) is 0 Å². The Balaban J connectivity index is 1.42. The van der Waals surface area contributed by atoms with Crippen molar-refractivity contribution in [1.29, 1.82) is 0 Å². The molecule has 28 heavy (non-hydrogen) atoms. The van der Waals surface area contributed by atoms with Gasteiger partial charge in [0.05, 0.1) is 17.8 Å². The van der Waals surface area contributed by atoms with Crippen LogP contribution in [0.5, 0.6) is 0 Å². The maximum Gasteiger partial charge on any atom is 0.223 e. The van der Waals surface area contributed by atoms with Crippen LogP contribution < -0.4 is 5.32 Å². The summed E-state index contributed by atoms with van der Waals surface area (Å²) in [5.74, 6) is 0.484. The van der Waals surface area contributed by atoms with Gasteiger partial charge >= 0.3 is 0 Å². The lowest BCUT2D eigenvalue weighted by atomic mass is 10.0. The molecule has 0 radical (unpaired) electrons. The lowest BCUT2D eigenvalue weighted by Crippen LogP contribution is -2.48. The quantitative estimate of drug-likeness (QED) is 0.737. The first kappa shape index (κ1) is 18.3. The highest BCUT2D eigenvalue weighted by Crippen LogP contribution is 2.25. The molecule has 1 aliphatic rings. The molecule has 1 aromatic carbocycles. The maximum absolute atomic E-state index is 13.9. The molecule has 2 aromatic heterocycles. The number of hydrogen-bond acceptors (Lipinski definition) is 5. The van der Waals surface area contributed by atoms with Crippen molar-refractivity contribution in [2.45, 2.75) is 18.9 Å². The number of aryl methyl sites for hydroxylation is 1. The summed E-state index contributed by atoms with van der Waals surface area (Å²) in [6, 6.07) is 10.2. The van der Waals surface area contributed by atoms with Crippen LogP contribution in [0.25, 0.3) is 11.3 Å². The van der Waals surface area contributed by atoms with Gasteiger partial charge in [-0.3, -0.25) is 9.78 Å². The van der Waals surface area contributed by atoms with Crippen LogP contribution in [0.1, 0.15) is 23.9 Å². The molecule has 1 N–H and O–H groups in total. The molecule has 144 valence electrons. The summed E-state index contributed by atoms with van der Waals surface area (Å²) in [7, 11) is 0. The van der Waals surface area contributed by atoms with E-state index < -0.39 is 0 Å². The number of nitrogens with one attached hydrogen (secondary N) is 1. The van der Waals surface area contributed by atoms with Crippen molar-refractivity contribution in [1.82, 2.24) is 20.2 Å². The minimum Gasteiger partial charge on any atom is -0.441 e. The van der Waals surface area contributed by atoms with E-state index in [1.165, 1.54) is 12.3 Å². The highest BCUT2D eigenvalue weighted by molar-refractivity contribution is 5.77. The lowest BCUT2D eigenvalue weighted by Gasteiger charge is -2.36. The molecule has 4 rings (SSSR count). The van der Waals surface area contributed by atoms with Crippen molar-refractivity contribution in [3.8, 4) is 11.3 Å². The van der Waals surface area contributed by atoms with E-state index in [0.29, 0.717) is 36.7 Å². The van der Waals surface area contributed by atoms with Gasteiger partial charge in [0.2, 0.25) is 5.91 Å². The predicted octanol–water partition coefficient (Wildman–Crippen LogP) is 2.98. The molecule has 1 amide bonds. The Bertz CT molecular complexity index is 944. The average Bonchev–Trinajstić information content (AvgIpc) is 3.22. The first-order chi connectivity index (χ1) is 13.7. The third-order valence-electron chi connectivity index (χ3n) is 4.88. The molecule has 0 spiro atoms. The molecule has 1 aliphatic heterocycles. The van der Waals surface area contributed by atoms with Crippen LogP contribution in [0.2, 0.25) is 0 Å². The van der Waals surface area contributed by atoms with Crippen LogP contribution in [-0.2, 0) is 11.2 Å². The van der Waals surface area contributed by atoms with Gasteiger partial charge in [0.15, 0.2) is 11.7 Å². The van der Waals surface area contributed by atoms with E-state index in [-0.39, 0.29) is 24.2 Å². The monoisotopic (exact) mass is 380 g/mol. The lowest BCUT2D eigenvalue weighted by molar-refractivity contribution is -0.134. The van der Waals surface area contributed by atoms with Crippen LogP contribution in [0.4, 0.5) is 4.39 Å². The minimum absolute atomic E-state index is 0.0338. The Morgan fingerprint density at radius 1 is 1.25 bits per heavy atom. The van der Waals surface area contributed by atoms with Crippen LogP contribution in [-0.4, -0.2) is 40.4 Å². The number of oxazole rings is 1. The van der Waals surface area contributed by atoms with Gasteiger partial charge in [-0.1, -0.05) is 18.2 Å². The van der Waals surface area contributed by atoms with E-state index in [2.05, 4.69) is 15.3 Å². The Kier molecular flexibility index (Phi) is 5.43. The van der Waals surface area contributed by atoms with E-state index in [1.54, 1.807) is 30.6 Å². The molecular formula is C21H21FN4O2. The molecule has 1 fully saturated rings. The summed E-state index contributed by atoms with van der Waals surface area (Å²) < 4.78 is 19.5. The summed E-state index contributed by atoms with van der Waals surface area (Å²) in [6.45, 7) is 2.11. The molecule has 0 saturated carbocycles. The van der Waals surface area contributed by atoms with Crippen LogP contribution in [0.3, 0.4) is 0 Å². The molecule has 3 heterocycles. The summed E-state index contributed by atoms with van der Waals surface area (Å²) in [5, 5.41) is 3.33.